The van der Waals surface area contributed by atoms with Gasteiger partial charge in [-0.25, -0.2) is 4.79 Å². The molecule has 0 aromatic heterocycles. The van der Waals surface area contributed by atoms with Crippen LogP contribution in [0.2, 0.25) is 0 Å². The number of rotatable bonds is 4. The van der Waals surface area contributed by atoms with Crippen molar-refractivity contribution >= 4 is 12.1 Å². The van der Waals surface area contributed by atoms with E-state index in [1.165, 1.54) is 6.08 Å². The van der Waals surface area contributed by atoms with Crippen molar-refractivity contribution in [1.82, 2.24) is 10.6 Å². The summed E-state index contributed by atoms with van der Waals surface area (Å²) in [4.78, 5) is 21.7. The van der Waals surface area contributed by atoms with Gasteiger partial charge in [0.15, 0.2) is 0 Å². The van der Waals surface area contributed by atoms with Gasteiger partial charge in [0.1, 0.15) is 12.6 Å². The van der Waals surface area contributed by atoms with E-state index in [1.807, 2.05) is 0 Å². The van der Waals surface area contributed by atoms with Gasteiger partial charge in [-0.1, -0.05) is 12.7 Å². The Bertz CT molecular complexity index is 267. The SMILES string of the molecule is C=CCOC(=O)N[C@H]1CN[C@@H](C(=O)O)C1. The van der Waals surface area contributed by atoms with Crippen molar-refractivity contribution in [1.29, 1.82) is 0 Å². The van der Waals surface area contributed by atoms with Gasteiger partial charge in [0, 0.05) is 12.6 Å². The van der Waals surface area contributed by atoms with Crippen LogP contribution in [0.5, 0.6) is 0 Å². The first-order chi connectivity index (χ1) is 7.13. The maximum Gasteiger partial charge on any atom is 0.407 e. The summed E-state index contributed by atoms with van der Waals surface area (Å²) in [6.45, 7) is 4.00. The van der Waals surface area contributed by atoms with Crippen molar-refractivity contribution < 1.29 is 19.4 Å². The van der Waals surface area contributed by atoms with Crippen LogP contribution in [0, 0.1) is 0 Å². The predicted octanol–water partition coefficient (Wildman–Crippen LogP) is -0.286. The number of ether oxygens (including phenoxy) is 1. The normalized spacial score (nSPS) is 24.5. The predicted molar refractivity (Wildman–Crippen MR) is 52.5 cm³/mol. The van der Waals surface area contributed by atoms with Crippen molar-refractivity contribution in [3.63, 3.8) is 0 Å². The lowest BCUT2D eigenvalue weighted by Crippen LogP contribution is -2.36. The van der Waals surface area contributed by atoms with Gasteiger partial charge >= 0.3 is 12.1 Å². The molecule has 1 fully saturated rings. The fourth-order valence-corrected chi connectivity index (χ4v) is 1.38. The summed E-state index contributed by atoms with van der Waals surface area (Å²) >= 11 is 0. The molecule has 0 aromatic rings. The fraction of sp³-hybridized carbons (Fsp3) is 0.556. The number of hydrogen-bond acceptors (Lipinski definition) is 4. The Kier molecular flexibility index (Phi) is 4.11. The van der Waals surface area contributed by atoms with Crippen LogP contribution in [0.3, 0.4) is 0 Å². The average molecular weight is 214 g/mol. The van der Waals surface area contributed by atoms with Gasteiger partial charge in [-0.15, -0.1) is 0 Å². The van der Waals surface area contributed by atoms with Crippen LogP contribution in [0.15, 0.2) is 12.7 Å². The number of aliphatic carboxylic acids is 1. The second-order valence-corrected chi connectivity index (χ2v) is 3.26. The maximum atomic E-state index is 11.1. The molecule has 0 radical (unpaired) electrons. The minimum atomic E-state index is -0.904. The highest BCUT2D eigenvalue weighted by Gasteiger charge is 2.30. The van der Waals surface area contributed by atoms with Crippen molar-refractivity contribution in [2.24, 2.45) is 0 Å². The van der Waals surface area contributed by atoms with Crippen LogP contribution in [-0.4, -0.2) is 42.4 Å². The van der Waals surface area contributed by atoms with Crippen LogP contribution in [-0.2, 0) is 9.53 Å². The molecule has 0 spiro atoms. The van der Waals surface area contributed by atoms with Crippen molar-refractivity contribution in [3.8, 4) is 0 Å². The van der Waals surface area contributed by atoms with E-state index in [0.29, 0.717) is 13.0 Å². The summed E-state index contributed by atoms with van der Waals surface area (Å²) in [5.74, 6) is -0.904. The molecule has 1 aliphatic rings. The molecule has 0 unspecified atom stereocenters. The molecule has 6 nitrogen and oxygen atoms in total. The second kappa shape index (κ2) is 5.35. The van der Waals surface area contributed by atoms with Gasteiger partial charge in [-0.2, -0.15) is 0 Å². The van der Waals surface area contributed by atoms with E-state index in [-0.39, 0.29) is 12.6 Å². The number of nitrogens with one attached hydrogen (secondary N) is 2. The Morgan fingerprint density at radius 2 is 2.40 bits per heavy atom. The standard InChI is InChI=1S/C9H14N2O4/c1-2-3-15-9(14)11-6-4-7(8(12)13)10-5-6/h2,6-7,10H,1,3-5H2,(H,11,14)(H,12,13)/t6-,7-/m1/s1. The van der Waals surface area contributed by atoms with Crippen LogP contribution in [0.1, 0.15) is 6.42 Å². The van der Waals surface area contributed by atoms with Gasteiger partial charge < -0.3 is 20.5 Å². The van der Waals surface area contributed by atoms with E-state index in [9.17, 15) is 9.59 Å². The largest absolute Gasteiger partial charge is 0.480 e. The van der Waals surface area contributed by atoms with Crippen LogP contribution >= 0.6 is 0 Å². The molecule has 0 saturated carbocycles. The van der Waals surface area contributed by atoms with Crippen LogP contribution in [0.25, 0.3) is 0 Å². The monoisotopic (exact) mass is 214 g/mol. The van der Waals surface area contributed by atoms with E-state index in [4.69, 9.17) is 9.84 Å². The topological polar surface area (TPSA) is 87.7 Å². The van der Waals surface area contributed by atoms with E-state index >= 15 is 0 Å². The number of amides is 1. The number of hydrogen-bond donors (Lipinski definition) is 3. The lowest BCUT2D eigenvalue weighted by molar-refractivity contribution is -0.139. The number of carbonyl (C=O) groups excluding carboxylic acids is 1. The lowest BCUT2D eigenvalue weighted by Gasteiger charge is -2.10. The first-order valence-electron chi connectivity index (χ1n) is 4.64. The number of carboxylic acid groups (broad SMARTS) is 1. The Morgan fingerprint density at radius 1 is 1.67 bits per heavy atom. The Hall–Kier alpha value is -1.56. The summed E-state index contributed by atoms with van der Waals surface area (Å²) in [7, 11) is 0. The highest BCUT2D eigenvalue weighted by molar-refractivity contribution is 5.74. The minimum Gasteiger partial charge on any atom is -0.480 e. The van der Waals surface area contributed by atoms with Crippen LogP contribution < -0.4 is 10.6 Å². The smallest absolute Gasteiger partial charge is 0.407 e. The molecule has 84 valence electrons. The van der Waals surface area contributed by atoms with Crippen molar-refractivity contribution in [3.05, 3.63) is 12.7 Å². The maximum absolute atomic E-state index is 11.1. The zero-order valence-electron chi connectivity index (χ0n) is 8.23. The van der Waals surface area contributed by atoms with Crippen LogP contribution in [0.4, 0.5) is 4.79 Å². The van der Waals surface area contributed by atoms with E-state index < -0.39 is 18.1 Å². The molecule has 1 heterocycles. The molecule has 1 rings (SSSR count). The molecule has 2 atom stereocenters. The van der Waals surface area contributed by atoms with Gasteiger partial charge in [0.05, 0.1) is 0 Å². The number of carboxylic acids is 1. The summed E-state index contributed by atoms with van der Waals surface area (Å²) in [6, 6.07) is -0.780. The molecule has 1 aliphatic heterocycles. The van der Waals surface area contributed by atoms with Crippen molar-refractivity contribution in [2.45, 2.75) is 18.5 Å². The molecular formula is C9H14N2O4. The molecule has 1 amide bonds. The molecule has 6 heteroatoms. The summed E-state index contributed by atoms with van der Waals surface area (Å²) < 4.78 is 4.71. The molecule has 0 aliphatic carbocycles. The zero-order chi connectivity index (χ0) is 11.3. The van der Waals surface area contributed by atoms with E-state index in [2.05, 4.69) is 17.2 Å². The fourth-order valence-electron chi connectivity index (χ4n) is 1.38. The molecule has 3 N–H and O–H groups in total. The van der Waals surface area contributed by atoms with E-state index in [0.717, 1.165) is 0 Å². The van der Waals surface area contributed by atoms with Gasteiger partial charge in [-0.05, 0) is 6.42 Å². The van der Waals surface area contributed by atoms with E-state index in [1.54, 1.807) is 0 Å². The van der Waals surface area contributed by atoms with Gasteiger partial charge in [0.25, 0.3) is 0 Å². The second-order valence-electron chi connectivity index (χ2n) is 3.26. The average Bonchev–Trinajstić information content (AvgIpc) is 2.63. The molecule has 15 heavy (non-hydrogen) atoms. The summed E-state index contributed by atoms with van der Waals surface area (Å²) in [5, 5.41) is 14.0. The highest BCUT2D eigenvalue weighted by atomic mass is 16.5. The minimum absolute atomic E-state index is 0.147. The third-order valence-electron chi connectivity index (χ3n) is 2.08. The molecule has 1 saturated heterocycles. The first kappa shape index (κ1) is 11.5. The Morgan fingerprint density at radius 3 is 2.93 bits per heavy atom. The van der Waals surface area contributed by atoms with Crippen molar-refractivity contribution in [2.75, 3.05) is 13.2 Å². The summed E-state index contributed by atoms with van der Waals surface area (Å²) in [5.41, 5.74) is 0. The third-order valence-corrected chi connectivity index (χ3v) is 2.08. The Balaban J connectivity index is 2.26. The number of alkyl carbamates (subject to hydrolysis) is 1. The zero-order valence-corrected chi connectivity index (χ0v) is 8.23. The van der Waals surface area contributed by atoms with Gasteiger partial charge in [0.2, 0.25) is 0 Å². The Labute approximate surface area is 87.3 Å². The number of carbonyl (C=O) groups is 2. The molecule has 0 bridgehead atoms. The lowest BCUT2D eigenvalue weighted by atomic mass is 10.2. The third kappa shape index (κ3) is 3.59. The van der Waals surface area contributed by atoms with Gasteiger partial charge in [-0.3, -0.25) is 4.79 Å². The molecule has 0 aromatic carbocycles. The first-order valence-corrected chi connectivity index (χ1v) is 4.64. The summed E-state index contributed by atoms with van der Waals surface area (Å²) in [6.07, 6.45) is 1.29. The quantitative estimate of drug-likeness (QED) is 0.560. The molecular weight excluding hydrogens is 200 g/mol. The highest BCUT2D eigenvalue weighted by Crippen LogP contribution is 2.06.